The first-order chi connectivity index (χ1) is 13.2. The molecule has 0 saturated carbocycles. The molecule has 0 amide bonds. The van der Waals surface area contributed by atoms with Crippen molar-refractivity contribution in [3.8, 4) is 0 Å². The lowest BCUT2D eigenvalue weighted by atomic mass is 10.1. The predicted octanol–water partition coefficient (Wildman–Crippen LogP) is 3.17. The van der Waals surface area contributed by atoms with Gasteiger partial charge in [-0.15, -0.1) is 0 Å². The molecule has 0 spiro atoms. The summed E-state index contributed by atoms with van der Waals surface area (Å²) in [6.07, 6.45) is 2.43. The SMILES string of the molecule is [N-]=[N+]=N[C@]1(c2ccc3c(N)ncnn23)CC[C@@H](COCc2ccccc2)O1. The molecule has 2 aromatic heterocycles. The minimum atomic E-state index is -1.14. The number of nitrogens with two attached hydrogens (primary N) is 1. The zero-order chi connectivity index (χ0) is 18.7. The first kappa shape index (κ1) is 17.3. The third-order valence-electron chi connectivity index (χ3n) is 4.67. The van der Waals surface area contributed by atoms with Crippen molar-refractivity contribution in [2.75, 3.05) is 12.3 Å². The summed E-state index contributed by atoms with van der Waals surface area (Å²) in [4.78, 5) is 6.99. The molecule has 2 N–H and O–H groups in total. The molecule has 1 saturated heterocycles. The Hall–Kier alpha value is -3.13. The molecule has 4 rings (SSSR count). The normalized spacial score (nSPS) is 22.0. The second-order valence-corrected chi connectivity index (χ2v) is 6.41. The van der Waals surface area contributed by atoms with Gasteiger partial charge in [0, 0.05) is 4.91 Å². The fraction of sp³-hybridized carbons (Fsp3) is 0.333. The van der Waals surface area contributed by atoms with Gasteiger partial charge >= 0.3 is 0 Å². The highest BCUT2D eigenvalue weighted by Gasteiger charge is 2.43. The minimum absolute atomic E-state index is 0.177. The number of aromatic nitrogens is 3. The molecule has 0 unspecified atom stereocenters. The number of azide groups is 1. The molecule has 27 heavy (non-hydrogen) atoms. The summed E-state index contributed by atoms with van der Waals surface area (Å²) in [6, 6.07) is 13.5. The molecule has 9 nitrogen and oxygen atoms in total. The van der Waals surface area contributed by atoms with Crippen molar-refractivity contribution in [1.29, 1.82) is 0 Å². The molecule has 1 aliphatic heterocycles. The highest BCUT2D eigenvalue weighted by atomic mass is 16.6. The first-order valence-electron chi connectivity index (χ1n) is 8.66. The van der Waals surface area contributed by atoms with Crippen molar-refractivity contribution in [1.82, 2.24) is 14.6 Å². The maximum Gasteiger partial charge on any atom is 0.189 e. The van der Waals surface area contributed by atoms with Crippen molar-refractivity contribution < 1.29 is 9.47 Å². The number of hydrogen-bond acceptors (Lipinski definition) is 6. The molecule has 0 aliphatic carbocycles. The van der Waals surface area contributed by atoms with Crippen molar-refractivity contribution in [2.45, 2.75) is 31.3 Å². The standard InChI is InChI=1S/C18H19N7O2/c19-17-15-6-7-16(25(15)22-12-21-17)18(23-24-20)9-8-14(27-18)11-26-10-13-4-2-1-3-5-13/h1-7,12,14H,8-11H2,(H2,19,21,22)/t14-,18+/m0/s1. The van der Waals surface area contributed by atoms with E-state index in [-0.39, 0.29) is 6.10 Å². The Balaban J connectivity index is 1.51. The van der Waals surface area contributed by atoms with Crippen molar-refractivity contribution in [3.05, 3.63) is 70.5 Å². The number of hydrogen-bond donors (Lipinski definition) is 1. The van der Waals surface area contributed by atoms with Crippen LogP contribution < -0.4 is 5.73 Å². The summed E-state index contributed by atoms with van der Waals surface area (Å²) in [5.41, 5.74) is 16.2. The van der Waals surface area contributed by atoms with Crippen LogP contribution in [0, 0.1) is 0 Å². The van der Waals surface area contributed by atoms with Crippen LogP contribution >= 0.6 is 0 Å². The van der Waals surface area contributed by atoms with Crippen molar-refractivity contribution in [2.24, 2.45) is 5.11 Å². The van der Waals surface area contributed by atoms with Gasteiger partial charge in [0.2, 0.25) is 0 Å². The van der Waals surface area contributed by atoms with Gasteiger partial charge in [0.05, 0.1) is 25.0 Å². The van der Waals surface area contributed by atoms with E-state index in [2.05, 4.69) is 20.1 Å². The van der Waals surface area contributed by atoms with Crippen LogP contribution in [0.2, 0.25) is 0 Å². The minimum Gasteiger partial charge on any atom is -0.382 e. The first-order valence-corrected chi connectivity index (χ1v) is 8.66. The smallest absolute Gasteiger partial charge is 0.189 e. The molecule has 1 aromatic carbocycles. The van der Waals surface area contributed by atoms with E-state index in [4.69, 9.17) is 20.7 Å². The third-order valence-corrected chi connectivity index (χ3v) is 4.67. The quantitative estimate of drug-likeness (QED) is 0.408. The number of nitrogen functional groups attached to an aromatic ring is 1. The van der Waals surface area contributed by atoms with Crippen LogP contribution in [-0.4, -0.2) is 27.3 Å². The van der Waals surface area contributed by atoms with Gasteiger partial charge in [0.1, 0.15) is 11.8 Å². The predicted molar refractivity (Wildman–Crippen MR) is 98.4 cm³/mol. The van der Waals surface area contributed by atoms with Crippen molar-refractivity contribution in [3.63, 3.8) is 0 Å². The van der Waals surface area contributed by atoms with Gasteiger partial charge < -0.3 is 15.2 Å². The van der Waals surface area contributed by atoms with E-state index in [9.17, 15) is 0 Å². The lowest BCUT2D eigenvalue weighted by molar-refractivity contribution is -0.0774. The van der Waals surface area contributed by atoms with Gasteiger partial charge in [-0.1, -0.05) is 35.4 Å². The monoisotopic (exact) mass is 365 g/mol. The maximum absolute atomic E-state index is 9.11. The number of ether oxygens (including phenoxy) is 2. The molecule has 0 bridgehead atoms. The highest BCUT2D eigenvalue weighted by molar-refractivity contribution is 5.65. The van der Waals surface area contributed by atoms with Crippen molar-refractivity contribution >= 4 is 11.3 Å². The summed E-state index contributed by atoms with van der Waals surface area (Å²) in [6.45, 7) is 0.922. The fourth-order valence-corrected chi connectivity index (χ4v) is 3.38. The van der Waals surface area contributed by atoms with Gasteiger partial charge in [-0.2, -0.15) is 5.10 Å². The largest absolute Gasteiger partial charge is 0.382 e. The molecule has 0 radical (unpaired) electrons. The van der Waals surface area contributed by atoms with Gasteiger partial charge in [0.15, 0.2) is 11.5 Å². The highest BCUT2D eigenvalue weighted by Crippen LogP contribution is 2.41. The lowest BCUT2D eigenvalue weighted by Crippen LogP contribution is -2.27. The van der Waals surface area contributed by atoms with E-state index in [0.717, 1.165) is 5.56 Å². The number of anilines is 1. The fourth-order valence-electron chi connectivity index (χ4n) is 3.38. The Kier molecular flexibility index (Phi) is 4.64. The van der Waals surface area contributed by atoms with E-state index < -0.39 is 5.72 Å². The second kappa shape index (κ2) is 7.24. The summed E-state index contributed by atoms with van der Waals surface area (Å²) in [5, 5.41) is 8.21. The molecule has 3 aromatic rings. The number of fused-ring (bicyclic) bond motifs is 1. The summed E-state index contributed by atoms with van der Waals surface area (Å²) in [5.74, 6) is 0.355. The summed E-state index contributed by atoms with van der Waals surface area (Å²) >= 11 is 0. The molecule has 1 aliphatic rings. The maximum atomic E-state index is 9.11. The van der Waals surface area contributed by atoms with Crippen LogP contribution in [0.1, 0.15) is 24.1 Å². The van der Waals surface area contributed by atoms with E-state index in [1.165, 1.54) is 6.33 Å². The lowest BCUT2D eigenvalue weighted by Gasteiger charge is -2.24. The van der Waals surface area contributed by atoms with Crippen LogP contribution in [0.3, 0.4) is 0 Å². The average molecular weight is 365 g/mol. The zero-order valence-corrected chi connectivity index (χ0v) is 14.6. The Morgan fingerprint density at radius 3 is 3.00 bits per heavy atom. The zero-order valence-electron chi connectivity index (χ0n) is 14.6. The summed E-state index contributed by atoms with van der Waals surface area (Å²) < 4.78 is 13.6. The average Bonchev–Trinajstić information content (AvgIpc) is 3.29. The number of benzene rings is 1. The van der Waals surface area contributed by atoms with E-state index in [0.29, 0.717) is 43.1 Å². The Morgan fingerprint density at radius 2 is 2.19 bits per heavy atom. The molecular weight excluding hydrogens is 346 g/mol. The van der Waals surface area contributed by atoms with Gasteiger partial charge in [0.25, 0.3) is 0 Å². The Morgan fingerprint density at radius 1 is 1.33 bits per heavy atom. The Labute approximate surface area is 155 Å². The molecule has 2 atom stereocenters. The summed E-state index contributed by atoms with van der Waals surface area (Å²) in [7, 11) is 0. The van der Waals surface area contributed by atoms with E-state index in [1.807, 2.05) is 36.4 Å². The van der Waals surface area contributed by atoms with Crippen LogP contribution in [-0.2, 0) is 21.8 Å². The van der Waals surface area contributed by atoms with Crippen LogP contribution in [0.4, 0.5) is 5.82 Å². The topological polar surface area (TPSA) is 123 Å². The van der Waals surface area contributed by atoms with Crippen LogP contribution in [0.25, 0.3) is 16.0 Å². The number of nitrogens with zero attached hydrogens (tertiary/aromatic N) is 6. The molecule has 3 heterocycles. The van der Waals surface area contributed by atoms with Crippen LogP contribution in [0.5, 0.6) is 0 Å². The number of rotatable bonds is 6. The molecule has 9 heteroatoms. The third kappa shape index (κ3) is 3.31. The second-order valence-electron chi connectivity index (χ2n) is 6.41. The van der Waals surface area contributed by atoms with E-state index >= 15 is 0 Å². The van der Waals surface area contributed by atoms with Gasteiger partial charge in [-0.25, -0.2) is 9.50 Å². The molecule has 1 fully saturated rings. The Bertz CT molecular complexity index is 984. The van der Waals surface area contributed by atoms with E-state index in [1.54, 1.807) is 10.6 Å². The molecule has 138 valence electrons. The molecular formula is C18H19N7O2. The van der Waals surface area contributed by atoms with Crippen LogP contribution in [0.15, 0.2) is 53.9 Å². The van der Waals surface area contributed by atoms with Gasteiger partial charge in [-0.05, 0) is 36.1 Å². The van der Waals surface area contributed by atoms with Gasteiger partial charge in [-0.3, -0.25) is 0 Å².